The number of thiazole rings is 2. The zero-order chi connectivity index (χ0) is 19.0. The molecule has 138 valence electrons. The van der Waals surface area contributed by atoms with Crippen molar-refractivity contribution in [1.29, 1.82) is 0 Å². The van der Waals surface area contributed by atoms with Crippen LogP contribution in [0, 0.1) is 12.7 Å². The molecule has 1 aromatic carbocycles. The van der Waals surface area contributed by atoms with E-state index in [0.717, 1.165) is 15.6 Å². The molecule has 0 saturated heterocycles. The van der Waals surface area contributed by atoms with E-state index >= 15 is 0 Å². The molecule has 27 heavy (non-hydrogen) atoms. The Hall–Kier alpha value is -2.92. The lowest BCUT2D eigenvalue weighted by Gasteiger charge is -1.99. The van der Waals surface area contributed by atoms with Gasteiger partial charge in [0.15, 0.2) is 5.82 Å². The van der Waals surface area contributed by atoms with Crippen LogP contribution in [0.25, 0.3) is 32.2 Å². The number of amides is 1. The summed E-state index contributed by atoms with van der Waals surface area (Å²) in [5.74, 6) is -0.453. The highest BCUT2D eigenvalue weighted by Gasteiger charge is 2.18. The predicted octanol–water partition coefficient (Wildman–Crippen LogP) is 3.51. The number of fused-ring (bicyclic) bond motifs is 1. The van der Waals surface area contributed by atoms with Gasteiger partial charge in [0, 0.05) is 10.9 Å². The van der Waals surface area contributed by atoms with Gasteiger partial charge in [-0.1, -0.05) is 0 Å². The van der Waals surface area contributed by atoms with Crippen molar-refractivity contribution in [3.63, 3.8) is 0 Å². The van der Waals surface area contributed by atoms with Crippen molar-refractivity contribution in [1.82, 2.24) is 30.7 Å². The van der Waals surface area contributed by atoms with Gasteiger partial charge in [-0.3, -0.25) is 0 Å². The third-order valence-corrected chi connectivity index (χ3v) is 5.86. The van der Waals surface area contributed by atoms with Crippen LogP contribution in [0.3, 0.4) is 0 Å². The number of methoxy groups -OCH3 is 1. The Morgan fingerprint density at radius 3 is 3.00 bits per heavy atom. The van der Waals surface area contributed by atoms with Gasteiger partial charge in [-0.2, -0.15) is 15.4 Å². The van der Waals surface area contributed by atoms with Gasteiger partial charge >= 0.3 is 6.09 Å². The summed E-state index contributed by atoms with van der Waals surface area (Å²) in [6.45, 7) is 2.14. The lowest BCUT2D eigenvalue weighted by molar-refractivity contribution is 0.170. The molecule has 0 spiro atoms. The van der Waals surface area contributed by atoms with Gasteiger partial charge in [0.2, 0.25) is 0 Å². The molecule has 0 aliphatic carbocycles. The molecular weight excluding hydrogens is 391 g/mol. The number of rotatable bonds is 4. The molecule has 0 radical (unpaired) electrons. The fraction of sp³-hybridized carbons (Fsp3) is 0.188. The van der Waals surface area contributed by atoms with Gasteiger partial charge in [0.05, 0.1) is 29.9 Å². The van der Waals surface area contributed by atoms with Crippen LogP contribution < -0.4 is 5.32 Å². The van der Waals surface area contributed by atoms with E-state index in [-0.39, 0.29) is 12.1 Å². The molecule has 11 heteroatoms. The fourth-order valence-corrected chi connectivity index (χ4v) is 4.40. The van der Waals surface area contributed by atoms with Gasteiger partial charge in [0.25, 0.3) is 0 Å². The van der Waals surface area contributed by atoms with E-state index in [9.17, 15) is 9.18 Å². The molecule has 2 N–H and O–H groups in total. The van der Waals surface area contributed by atoms with Gasteiger partial charge in [-0.25, -0.2) is 19.2 Å². The van der Waals surface area contributed by atoms with Crippen LogP contribution in [0.1, 0.15) is 10.7 Å². The molecule has 0 aliphatic heterocycles. The lowest BCUT2D eigenvalue weighted by atomic mass is 10.2. The molecule has 0 bridgehead atoms. The summed E-state index contributed by atoms with van der Waals surface area (Å²) in [4.78, 5) is 21.1. The minimum Gasteiger partial charge on any atom is -0.453 e. The quantitative estimate of drug-likeness (QED) is 0.539. The third-order valence-electron chi connectivity index (χ3n) is 3.80. The average molecular weight is 404 g/mol. The van der Waals surface area contributed by atoms with Crippen LogP contribution in [0.5, 0.6) is 0 Å². The number of nitrogens with zero attached hydrogens (tertiary/aromatic N) is 4. The van der Waals surface area contributed by atoms with Crippen molar-refractivity contribution in [3.05, 3.63) is 34.0 Å². The smallest absolute Gasteiger partial charge is 0.407 e. The van der Waals surface area contributed by atoms with E-state index in [1.807, 2.05) is 12.3 Å². The predicted molar refractivity (Wildman–Crippen MR) is 100 cm³/mol. The topological polar surface area (TPSA) is 106 Å². The zero-order valence-corrected chi connectivity index (χ0v) is 15.9. The normalized spacial score (nSPS) is 11.1. The first-order chi connectivity index (χ1) is 13.1. The molecule has 1 amide bonds. The Morgan fingerprint density at radius 1 is 1.33 bits per heavy atom. The summed E-state index contributed by atoms with van der Waals surface area (Å²) in [6, 6.07) is 3.35. The molecule has 0 aliphatic rings. The average Bonchev–Trinajstić information content (AvgIpc) is 3.39. The molecule has 3 aromatic heterocycles. The number of H-pyrrole nitrogens is 1. The number of hydrogen-bond acceptors (Lipinski definition) is 8. The van der Waals surface area contributed by atoms with Crippen molar-refractivity contribution in [2.75, 3.05) is 7.11 Å². The number of hydrogen-bond donors (Lipinski definition) is 2. The van der Waals surface area contributed by atoms with Gasteiger partial charge in [-0.15, -0.1) is 22.7 Å². The molecular formula is C16H13FN6O2S2. The largest absolute Gasteiger partial charge is 0.453 e. The molecule has 0 saturated carbocycles. The number of benzene rings is 1. The van der Waals surface area contributed by atoms with E-state index in [1.54, 1.807) is 12.1 Å². The molecule has 8 nitrogen and oxygen atoms in total. The molecule has 4 rings (SSSR count). The Morgan fingerprint density at radius 2 is 2.19 bits per heavy atom. The number of aromatic amines is 1. The number of aromatic nitrogens is 5. The van der Waals surface area contributed by atoms with Crippen LogP contribution in [0.15, 0.2) is 17.5 Å². The van der Waals surface area contributed by atoms with Crippen molar-refractivity contribution < 1.29 is 13.9 Å². The second kappa shape index (κ2) is 7.00. The van der Waals surface area contributed by atoms with Gasteiger partial charge in [-0.05, 0) is 19.1 Å². The van der Waals surface area contributed by atoms with Crippen LogP contribution in [-0.4, -0.2) is 38.6 Å². The number of carbonyl (C=O) groups excluding carboxylic acids is 1. The molecule has 0 atom stereocenters. The first kappa shape index (κ1) is 17.5. The van der Waals surface area contributed by atoms with E-state index in [0.29, 0.717) is 21.8 Å². The number of halogens is 1. The van der Waals surface area contributed by atoms with Crippen LogP contribution >= 0.6 is 22.7 Å². The number of nitrogens with one attached hydrogen (secondary N) is 2. The van der Waals surface area contributed by atoms with Crippen molar-refractivity contribution in [2.24, 2.45) is 0 Å². The number of carbonyl (C=O) groups is 1. The van der Waals surface area contributed by atoms with Crippen molar-refractivity contribution in [3.8, 4) is 21.1 Å². The molecule has 0 unspecified atom stereocenters. The van der Waals surface area contributed by atoms with E-state index in [1.165, 1.54) is 29.8 Å². The zero-order valence-electron chi connectivity index (χ0n) is 14.2. The highest BCUT2D eigenvalue weighted by molar-refractivity contribution is 7.16. The summed E-state index contributed by atoms with van der Waals surface area (Å²) in [7, 11) is 1.31. The SMILES string of the molecule is COC(=O)NCc1nc(C)c(-c2csc(-c3ccc4n[nH]nc4c3F)n2)s1. The summed E-state index contributed by atoms with van der Waals surface area (Å²) in [5, 5.41) is 15.9. The van der Waals surface area contributed by atoms with Crippen LogP contribution in [-0.2, 0) is 11.3 Å². The van der Waals surface area contributed by atoms with Gasteiger partial charge < -0.3 is 10.1 Å². The fourth-order valence-electron chi connectivity index (χ4n) is 2.53. The molecule has 4 aromatic rings. The Bertz CT molecular complexity index is 1140. The maximum Gasteiger partial charge on any atom is 0.407 e. The van der Waals surface area contributed by atoms with E-state index in [2.05, 4.69) is 35.4 Å². The molecule has 3 heterocycles. The second-order valence-electron chi connectivity index (χ2n) is 5.52. The maximum atomic E-state index is 14.7. The van der Waals surface area contributed by atoms with Crippen LogP contribution in [0.4, 0.5) is 9.18 Å². The lowest BCUT2D eigenvalue weighted by Crippen LogP contribution is -2.22. The number of ether oxygens (including phenoxy) is 1. The first-order valence-electron chi connectivity index (χ1n) is 7.80. The summed E-state index contributed by atoms with van der Waals surface area (Å²) in [5.41, 5.74) is 2.55. The first-order valence-corrected chi connectivity index (χ1v) is 9.50. The summed E-state index contributed by atoms with van der Waals surface area (Å²) in [6.07, 6.45) is -0.515. The number of alkyl carbamates (subject to hydrolysis) is 1. The Kier molecular flexibility index (Phi) is 4.54. The van der Waals surface area contributed by atoms with Gasteiger partial charge in [0.1, 0.15) is 21.0 Å². The summed E-state index contributed by atoms with van der Waals surface area (Å²) < 4.78 is 19.2. The van der Waals surface area contributed by atoms with Crippen molar-refractivity contribution >= 4 is 39.8 Å². The second-order valence-corrected chi connectivity index (χ2v) is 7.47. The monoisotopic (exact) mass is 404 g/mol. The van der Waals surface area contributed by atoms with E-state index < -0.39 is 11.9 Å². The Balaban J connectivity index is 1.63. The third kappa shape index (κ3) is 3.26. The van der Waals surface area contributed by atoms with E-state index in [4.69, 9.17) is 0 Å². The number of aryl methyl sites for hydroxylation is 1. The van der Waals surface area contributed by atoms with Crippen molar-refractivity contribution in [2.45, 2.75) is 13.5 Å². The highest BCUT2D eigenvalue weighted by atomic mass is 32.1. The highest BCUT2D eigenvalue weighted by Crippen LogP contribution is 2.35. The minimum absolute atomic E-state index is 0.189. The Labute approximate surface area is 160 Å². The standard InChI is InChI=1S/C16H13FN6O2S2/c1-7-14(27-11(19-7)5-18-16(24)25-2)10-6-26-15(20-10)8-3-4-9-13(12(8)17)22-23-21-9/h3-4,6H,5H2,1-2H3,(H,18,24)(H,21,22,23). The molecule has 0 fully saturated rings. The van der Waals surface area contributed by atoms with Crippen LogP contribution in [0.2, 0.25) is 0 Å². The minimum atomic E-state index is -0.515. The summed E-state index contributed by atoms with van der Waals surface area (Å²) >= 11 is 2.77. The maximum absolute atomic E-state index is 14.7.